The summed E-state index contributed by atoms with van der Waals surface area (Å²) in [7, 11) is 1.77. The number of guanidine groups is 1. The van der Waals surface area contributed by atoms with Gasteiger partial charge in [0, 0.05) is 32.2 Å². The monoisotopic (exact) mass is 288 g/mol. The smallest absolute Gasteiger partial charge is 0.251 e. The number of nitrogens with zero attached hydrogens (tertiary/aromatic N) is 1. The minimum atomic E-state index is -0.0319. The molecule has 1 saturated carbocycles. The molecule has 0 unspecified atom stereocenters. The van der Waals surface area contributed by atoms with Gasteiger partial charge in [0.1, 0.15) is 0 Å². The summed E-state index contributed by atoms with van der Waals surface area (Å²) in [6, 6.07) is 7.65. The van der Waals surface area contributed by atoms with Crippen LogP contribution in [0.2, 0.25) is 0 Å². The molecule has 0 aliphatic heterocycles. The van der Waals surface area contributed by atoms with Crippen LogP contribution in [0.5, 0.6) is 0 Å². The average Bonchev–Trinajstić information content (AvgIpc) is 3.32. The van der Waals surface area contributed by atoms with Gasteiger partial charge in [-0.05, 0) is 43.4 Å². The van der Waals surface area contributed by atoms with E-state index in [2.05, 4.69) is 20.9 Å². The fourth-order valence-corrected chi connectivity index (χ4v) is 2.05. The van der Waals surface area contributed by atoms with Crippen LogP contribution < -0.4 is 16.0 Å². The minimum absolute atomic E-state index is 0.0319. The molecule has 0 radical (unpaired) electrons. The van der Waals surface area contributed by atoms with E-state index >= 15 is 0 Å². The van der Waals surface area contributed by atoms with Gasteiger partial charge in [0.15, 0.2) is 5.96 Å². The molecule has 5 heteroatoms. The first-order chi connectivity index (χ1) is 10.2. The third-order valence-corrected chi connectivity index (χ3v) is 3.47. The van der Waals surface area contributed by atoms with Gasteiger partial charge in [0.05, 0.1) is 0 Å². The standard InChI is InChI=1S/C16H24N4O/c1-3-18-15(21)14-6-4-5-13(9-14)11-20-16(17-2)19-10-12-7-8-12/h4-6,9,12H,3,7-8,10-11H2,1-2H3,(H,18,21)(H2,17,19,20). The highest BCUT2D eigenvalue weighted by atomic mass is 16.1. The van der Waals surface area contributed by atoms with Crippen molar-refractivity contribution in [2.45, 2.75) is 26.3 Å². The third-order valence-electron chi connectivity index (χ3n) is 3.47. The van der Waals surface area contributed by atoms with Crippen LogP contribution in [0.4, 0.5) is 0 Å². The summed E-state index contributed by atoms with van der Waals surface area (Å²) in [6.07, 6.45) is 2.64. The lowest BCUT2D eigenvalue weighted by Crippen LogP contribution is -2.37. The molecule has 1 aromatic carbocycles. The summed E-state index contributed by atoms with van der Waals surface area (Å²) in [5, 5.41) is 9.40. The Bertz CT molecular complexity index is 509. The molecule has 5 nitrogen and oxygen atoms in total. The molecule has 0 heterocycles. The molecular weight excluding hydrogens is 264 g/mol. The molecule has 1 fully saturated rings. The Labute approximate surface area is 126 Å². The number of amides is 1. The first kappa shape index (κ1) is 15.4. The molecule has 1 amide bonds. The summed E-state index contributed by atoms with van der Waals surface area (Å²) >= 11 is 0. The number of aliphatic imine (C=N–C) groups is 1. The topological polar surface area (TPSA) is 65.5 Å². The molecule has 0 aromatic heterocycles. The second-order valence-electron chi connectivity index (χ2n) is 5.31. The highest BCUT2D eigenvalue weighted by molar-refractivity contribution is 5.94. The predicted octanol–water partition coefficient (Wildman–Crippen LogP) is 1.51. The van der Waals surface area contributed by atoms with Crippen LogP contribution in [-0.4, -0.2) is 32.0 Å². The van der Waals surface area contributed by atoms with Crippen molar-refractivity contribution >= 4 is 11.9 Å². The Balaban J connectivity index is 1.86. The second-order valence-corrected chi connectivity index (χ2v) is 5.31. The van der Waals surface area contributed by atoms with E-state index in [9.17, 15) is 4.79 Å². The lowest BCUT2D eigenvalue weighted by molar-refractivity contribution is 0.0955. The van der Waals surface area contributed by atoms with Crippen molar-refractivity contribution in [1.82, 2.24) is 16.0 Å². The Morgan fingerprint density at radius 3 is 2.76 bits per heavy atom. The molecule has 21 heavy (non-hydrogen) atoms. The maximum absolute atomic E-state index is 11.8. The van der Waals surface area contributed by atoms with Crippen LogP contribution in [0.3, 0.4) is 0 Å². The van der Waals surface area contributed by atoms with E-state index in [1.165, 1.54) is 12.8 Å². The van der Waals surface area contributed by atoms with Crippen LogP contribution in [-0.2, 0) is 6.54 Å². The number of nitrogens with one attached hydrogen (secondary N) is 3. The van der Waals surface area contributed by atoms with Gasteiger partial charge in [-0.3, -0.25) is 9.79 Å². The van der Waals surface area contributed by atoms with E-state index < -0.39 is 0 Å². The fourth-order valence-electron chi connectivity index (χ4n) is 2.05. The van der Waals surface area contributed by atoms with Gasteiger partial charge in [-0.1, -0.05) is 12.1 Å². The van der Waals surface area contributed by atoms with Gasteiger partial charge >= 0.3 is 0 Å². The summed E-state index contributed by atoms with van der Waals surface area (Å²) in [6.45, 7) is 4.19. The minimum Gasteiger partial charge on any atom is -0.356 e. The highest BCUT2D eigenvalue weighted by Gasteiger charge is 2.20. The quantitative estimate of drug-likeness (QED) is 0.549. The Kier molecular flexibility index (Phi) is 5.60. The molecule has 0 atom stereocenters. The summed E-state index contributed by atoms with van der Waals surface area (Å²) in [5.74, 6) is 1.59. The normalized spacial score (nSPS) is 14.7. The first-order valence-corrected chi connectivity index (χ1v) is 7.54. The van der Waals surface area contributed by atoms with E-state index in [1.807, 2.05) is 31.2 Å². The van der Waals surface area contributed by atoms with Crippen molar-refractivity contribution in [2.75, 3.05) is 20.1 Å². The maximum atomic E-state index is 11.8. The van der Waals surface area contributed by atoms with Crippen molar-refractivity contribution in [3.8, 4) is 0 Å². The Morgan fingerprint density at radius 2 is 2.10 bits per heavy atom. The van der Waals surface area contributed by atoms with Crippen LogP contribution in [0.15, 0.2) is 29.3 Å². The van der Waals surface area contributed by atoms with Gasteiger partial charge in [-0.15, -0.1) is 0 Å². The van der Waals surface area contributed by atoms with Gasteiger partial charge < -0.3 is 16.0 Å². The van der Waals surface area contributed by atoms with E-state index in [0.717, 1.165) is 24.0 Å². The summed E-state index contributed by atoms with van der Waals surface area (Å²) in [5.41, 5.74) is 1.75. The van der Waals surface area contributed by atoms with Crippen molar-refractivity contribution < 1.29 is 4.79 Å². The molecule has 1 aromatic rings. The number of carbonyl (C=O) groups is 1. The summed E-state index contributed by atoms with van der Waals surface area (Å²) in [4.78, 5) is 16.0. The number of carbonyl (C=O) groups excluding carboxylic acids is 1. The lowest BCUT2D eigenvalue weighted by atomic mass is 10.1. The molecular formula is C16H24N4O. The van der Waals surface area contributed by atoms with Crippen LogP contribution >= 0.6 is 0 Å². The van der Waals surface area contributed by atoms with Crippen LogP contribution in [0, 0.1) is 5.92 Å². The molecule has 1 aliphatic rings. The zero-order valence-corrected chi connectivity index (χ0v) is 12.8. The molecule has 0 saturated heterocycles. The SMILES string of the molecule is CCNC(=O)c1cccc(CNC(=NC)NCC2CC2)c1. The fraction of sp³-hybridized carbons (Fsp3) is 0.500. The number of hydrogen-bond donors (Lipinski definition) is 3. The second kappa shape index (κ2) is 7.67. The number of hydrogen-bond acceptors (Lipinski definition) is 2. The molecule has 3 N–H and O–H groups in total. The van der Waals surface area contributed by atoms with Crippen molar-refractivity contribution in [2.24, 2.45) is 10.9 Å². The highest BCUT2D eigenvalue weighted by Crippen LogP contribution is 2.27. The molecule has 2 rings (SSSR count). The van der Waals surface area contributed by atoms with Crippen molar-refractivity contribution in [3.63, 3.8) is 0 Å². The van der Waals surface area contributed by atoms with Gasteiger partial charge in [0.25, 0.3) is 5.91 Å². The summed E-state index contributed by atoms with van der Waals surface area (Å²) < 4.78 is 0. The Morgan fingerprint density at radius 1 is 1.29 bits per heavy atom. The molecule has 114 valence electrons. The lowest BCUT2D eigenvalue weighted by Gasteiger charge is -2.12. The van der Waals surface area contributed by atoms with E-state index in [1.54, 1.807) is 7.05 Å². The average molecular weight is 288 g/mol. The number of benzene rings is 1. The molecule has 1 aliphatic carbocycles. The van der Waals surface area contributed by atoms with Crippen LogP contribution in [0.25, 0.3) is 0 Å². The maximum Gasteiger partial charge on any atom is 0.251 e. The Hall–Kier alpha value is -2.04. The van der Waals surface area contributed by atoms with Crippen molar-refractivity contribution in [1.29, 1.82) is 0 Å². The van der Waals surface area contributed by atoms with E-state index in [4.69, 9.17) is 0 Å². The van der Waals surface area contributed by atoms with Gasteiger partial charge in [0.2, 0.25) is 0 Å². The molecule has 0 spiro atoms. The van der Waals surface area contributed by atoms with Crippen LogP contribution in [0.1, 0.15) is 35.7 Å². The molecule has 0 bridgehead atoms. The predicted molar refractivity (Wildman–Crippen MR) is 85.4 cm³/mol. The zero-order chi connectivity index (χ0) is 15.1. The third kappa shape index (κ3) is 5.10. The first-order valence-electron chi connectivity index (χ1n) is 7.54. The van der Waals surface area contributed by atoms with E-state index in [0.29, 0.717) is 18.7 Å². The van der Waals surface area contributed by atoms with Gasteiger partial charge in [-0.2, -0.15) is 0 Å². The zero-order valence-electron chi connectivity index (χ0n) is 12.8. The number of rotatable bonds is 6. The van der Waals surface area contributed by atoms with Crippen molar-refractivity contribution in [3.05, 3.63) is 35.4 Å². The largest absolute Gasteiger partial charge is 0.356 e. The van der Waals surface area contributed by atoms with Gasteiger partial charge in [-0.25, -0.2) is 0 Å². The van der Waals surface area contributed by atoms with E-state index in [-0.39, 0.29) is 5.91 Å².